The molecule has 3 aliphatic rings. The zero-order chi connectivity index (χ0) is 16.8. The highest BCUT2D eigenvalue weighted by molar-refractivity contribution is 5.14. The molecule has 3 saturated heterocycles. The zero-order valence-corrected chi connectivity index (χ0v) is 14.4. The van der Waals surface area contributed by atoms with Crippen LogP contribution in [-0.2, 0) is 30.3 Å². The van der Waals surface area contributed by atoms with Crippen LogP contribution >= 0.6 is 0 Å². The number of fused-ring (bicyclic) bond motifs is 2. The molecule has 0 amide bonds. The Kier molecular flexibility index (Phi) is 4.15. The summed E-state index contributed by atoms with van der Waals surface area (Å²) in [5.41, 5.74) is 0.724. The Morgan fingerprint density at radius 3 is 2.62 bits per heavy atom. The van der Waals surface area contributed by atoms with Crippen LogP contribution in [-0.4, -0.2) is 55.2 Å². The van der Waals surface area contributed by atoms with Crippen molar-refractivity contribution >= 4 is 0 Å². The van der Waals surface area contributed by atoms with Crippen molar-refractivity contribution in [3.8, 4) is 0 Å². The van der Waals surface area contributed by atoms with E-state index in [4.69, 9.17) is 23.8 Å². The normalized spacial score (nSPS) is 38.5. The maximum absolute atomic E-state index is 6.17. The van der Waals surface area contributed by atoms with Crippen LogP contribution in [0.5, 0.6) is 0 Å². The molecule has 1 aromatic rings. The van der Waals surface area contributed by atoms with Gasteiger partial charge in [0.15, 0.2) is 12.1 Å². The van der Waals surface area contributed by atoms with Crippen molar-refractivity contribution in [3.63, 3.8) is 0 Å². The predicted molar refractivity (Wildman–Crippen MR) is 85.9 cm³/mol. The fraction of sp³-hybridized carbons (Fsp3) is 0.667. The summed E-state index contributed by atoms with van der Waals surface area (Å²) >= 11 is 0. The Labute approximate surface area is 142 Å². The van der Waals surface area contributed by atoms with E-state index in [1.54, 1.807) is 7.11 Å². The quantitative estimate of drug-likeness (QED) is 0.843. The molecule has 3 fully saturated rings. The van der Waals surface area contributed by atoms with E-state index in [1.807, 2.05) is 37.1 Å². The second kappa shape index (κ2) is 6.05. The Morgan fingerprint density at radius 2 is 1.96 bits per heavy atom. The predicted octanol–water partition coefficient (Wildman–Crippen LogP) is 2.09. The summed E-state index contributed by atoms with van der Waals surface area (Å²) in [7, 11) is 1.64. The third kappa shape index (κ3) is 2.87. The molecule has 0 N–H and O–H groups in total. The fourth-order valence-electron chi connectivity index (χ4n) is 3.82. The Balaban J connectivity index is 1.44. The molecule has 3 aliphatic heterocycles. The van der Waals surface area contributed by atoms with E-state index >= 15 is 0 Å². The van der Waals surface area contributed by atoms with Gasteiger partial charge < -0.3 is 18.9 Å². The van der Waals surface area contributed by atoms with Gasteiger partial charge >= 0.3 is 0 Å². The van der Waals surface area contributed by atoms with Gasteiger partial charge in [-0.15, -0.1) is 0 Å². The largest absolute Gasteiger partial charge is 0.353 e. The Bertz CT molecular complexity index is 570. The summed E-state index contributed by atoms with van der Waals surface area (Å²) < 4.78 is 23.8. The molecule has 6 nitrogen and oxygen atoms in total. The van der Waals surface area contributed by atoms with Gasteiger partial charge in [-0.2, -0.15) is 5.06 Å². The van der Waals surface area contributed by atoms with Crippen molar-refractivity contribution in [2.75, 3.05) is 20.3 Å². The molecular formula is C18H25NO5. The van der Waals surface area contributed by atoms with Gasteiger partial charge in [-0.3, -0.25) is 4.84 Å². The minimum absolute atomic E-state index is 0.170. The summed E-state index contributed by atoms with van der Waals surface area (Å²) in [5, 5.41) is 1.99. The number of ether oxygens (including phenoxy) is 4. The third-order valence-electron chi connectivity index (χ3n) is 4.98. The second-order valence-electron chi connectivity index (χ2n) is 7.18. The first-order valence-electron chi connectivity index (χ1n) is 8.49. The van der Waals surface area contributed by atoms with E-state index in [-0.39, 0.29) is 12.2 Å². The van der Waals surface area contributed by atoms with Gasteiger partial charge in [0.25, 0.3) is 0 Å². The molecule has 1 aromatic carbocycles. The molecule has 0 aliphatic carbocycles. The molecule has 1 spiro atoms. The van der Waals surface area contributed by atoms with Crippen LogP contribution in [0.3, 0.4) is 0 Å². The average molecular weight is 335 g/mol. The molecule has 4 atom stereocenters. The molecular weight excluding hydrogens is 310 g/mol. The molecule has 0 radical (unpaired) electrons. The molecule has 4 rings (SSSR count). The first-order chi connectivity index (χ1) is 11.5. The number of benzene rings is 1. The van der Waals surface area contributed by atoms with Gasteiger partial charge in [-0.25, -0.2) is 0 Å². The van der Waals surface area contributed by atoms with Gasteiger partial charge in [-0.1, -0.05) is 30.3 Å². The molecule has 0 aromatic heterocycles. The number of hydroxylamine groups is 2. The molecule has 0 bridgehead atoms. The molecule has 6 heteroatoms. The minimum Gasteiger partial charge on any atom is -0.353 e. The van der Waals surface area contributed by atoms with E-state index in [2.05, 4.69) is 12.1 Å². The molecule has 132 valence electrons. The standard InChI is InChI=1S/C18H25NO5/c1-17(2)22-14-15(23-17)18(24-16(14)20-3)9-10-19(21-12-18)11-13-7-5-4-6-8-13/h4-8,14-16H,9-12H2,1-3H3/t14-,15+,16-,18-/m1/s1. The highest BCUT2D eigenvalue weighted by Crippen LogP contribution is 2.47. The maximum Gasteiger partial charge on any atom is 0.187 e. The zero-order valence-electron chi connectivity index (χ0n) is 14.4. The van der Waals surface area contributed by atoms with E-state index in [1.165, 1.54) is 5.56 Å². The Hall–Kier alpha value is -1.02. The highest BCUT2D eigenvalue weighted by atomic mass is 16.8. The van der Waals surface area contributed by atoms with Gasteiger partial charge in [-0.05, 0) is 25.8 Å². The first-order valence-corrected chi connectivity index (χ1v) is 8.49. The van der Waals surface area contributed by atoms with Crippen LogP contribution in [0.4, 0.5) is 0 Å². The molecule has 0 unspecified atom stereocenters. The number of hydrogen-bond acceptors (Lipinski definition) is 6. The maximum atomic E-state index is 6.17. The van der Waals surface area contributed by atoms with Crippen molar-refractivity contribution in [1.82, 2.24) is 5.06 Å². The highest BCUT2D eigenvalue weighted by Gasteiger charge is 2.64. The summed E-state index contributed by atoms with van der Waals surface area (Å²) in [5.74, 6) is -0.621. The van der Waals surface area contributed by atoms with Crippen molar-refractivity contribution in [3.05, 3.63) is 35.9 Å². The first kappa shape index (κ1) is 16.4. The summed E-state index contributed by atoms with van der Waals surface area (Å²) in [4.78, 5) is 6.01. The topological polar surface area (TPSA) is 49.4 Å². The lowest BCUT2D eigenvalue weighted by molar-refractivity contribution is -0.304. The number of hydrogen-bond donors (Lipinski definition) is 0. The summed E-state index contributed by atoms with van der Waals surface area (Å²) in [6.07, 6.45) is 0.0203. The van der Waals surface area contributed by atoms with Crippen LogP contribution in [0.15, 0.2) is 30.3 Å². The second-order valence-corrected chi connectivity index (χ2v) is 7.18. The average Bonchev–Trinajstić information content (AvgIpc) is 3.03. The minimum atomic E-state index is -0.621. The van der Waals surface area contributed by atoms with Crippen molar-refractivity contribution in [1.29, 1.82) is 0 Å². The van der Waals surface area contributed by atoms with Crippen LogP contribution in [0, 0.1) is 0 Å². The molecule has 3 heterocycles. The van der Waals surface area contributed by atoms with E-state index in [0.29, 0.717) is 6.61 Å². The van der Waals surface area contributed by atoms with Crippen LogP contribution < -0.4 is 0 Å². The van der Waals surface area contributed by atoms with E-state index < -0.39 is 17.7 Å². The molecule has 24 heavy (non-hydrogen) atoms. The molecule has 0 saturated carbocycles. The van der Waals surface area contributed by atoms with Gasteiger partial charge in [0.1, 0.15) is 24.4 Å². The van der Waals surface area contributed by atoms with Crippen LogP contribution in [0.1, 0.15) is 25.8 Å². The third-order valence-corrected chi connectivity index (χ3v) is 4.98. The van der Waals surface area contributed by atoms with E-state index in [9.17, 15) is 0 Å². The van der Waals surface area contributed by atoms with Gasteiger partial charge in [0, 0.05) is 20.2 Å². The lowest BCUT2D eigenvalue weighted by atomic mass is 9.91. The number of rotatable bonds is 3. The number of nitrogens with zero attached hydrogens (tertiary/aromatic N) is 1. The van der Waals surface area contributed by atoms with E-state index in [0.717, 1.165) is 19.5 Å². The number of methoxy groups -OCH3 is 1. The van der Waals surface area contributed by atoms with Gasteiger partial charge in [0.05, 0.1) is 0 Å². The summed E-state index contributed by atoms with van der Waals surface area (Å²) in [6, 6.07) is 10.3. The van der Waals surface area contributed by atoms with Crippen molar-refractivity contribution in [2.24, 2.45) is 0 Å². The SMILES string of the molecule is CO[C@@H]1O[C@@]2(CCN(Cc3ccccc3)OC2)[C@H]2OC(C)(C)O[C@@H]12. The van der Waals surface area contributed by atoms with Crippen molar-refractivity contribution < 1.29 is 23.8 Å². The van der Waals surface area contributed by atoms with Crippen molar-refractivity contribution in [2.45, 2.75) is 56.7 Å². The lowest BCUT2D eigenvalue weighted by Gasteiger charge is -2.41. The fourth-order valence-corrected chi connectivity index (χ4v) is 3.82. The smallest absolute Gasteiger partial charge is 0.187 e. The van der Waals surface area contributed by atoms with Crippen LogP contribution in [0.25, 0.3) is 0 Å². The Morgan fingerprint density at radius 1 is 1.17 bits per heavy atom. The lowest BCUT2D eigenvalue weighted by Crippen LogP contribution is -2.54. The summed E-state index contributed by atoms with van der Waals surface area (Å²) in [6.45, 7) is 5.84. The van der Waals surface area contributed by atoms with Gasteiger partial charge in [0.2, 0.25) is 0 Å². The van der Waals surface area contributed by atoms with Crippen LogP contribution in [0.2, 0.25) is 0 Å². The monoisotopic (exact) mass is 335 g/mol.